The SMILES string of the molecule is OCCc1cc2ncccc2nc1-c1cccc(F)c1. The van der Waals surface area contributed by atoms with Crippen LogP contribution in [-0.2, 0) is 6.42 Å². The molecule has 2 heterocycles. The molecular weight excluding hydrogens is 255 g/mol. The second-order valence-corrected chi connectivity index (χ2v) is 4.52. The van der Waals surface area contributed by atoms with E-state index in [4.69, 9.17) is 0 Å². The number of hydrogen-bond donors (Lipinski definition) is 1. The zero-order chi connectivity index (χ0) is 13.9. The van der Waals surface area contributed by atoms with Crippen LogP contribution in [0, 0.1) is 5.82 Å². The molecule has 0 aliphatic rings. The Labute approximate surface area is 115 Å². The molecule has 20 heavy (non-hydrogen) atoms. The first-order valence-corrected chi connectivity index (χ1v) is 6.39. The van der Waals surface area contributed by atoms with E-state index < -0.39 is 0 Å². The summed E-state index contributed by atoms with van der Waals surface area (Å²) in [5, 5.41) is 9.20. The van der Waals surface area contributed by atoms with Gasteiger partial charge in [0.1, 0.15) is 5.82 Å². The smallest absolute Gasteiger partial charge is 0.123 e. The van der Waals surface area contributed by atoms with Crippen molar-refractivity contribution in [2.45, 2.75) is 6.42 Å². The van der Waals surface area contributed by atoms with Gasteiger partial charge in [-0.3, -0.25) is 4.98 Å². The van der Waals surface area contributed by atoms with E-state index in [1.54, 1.807) is 12.3 Å². The quantitative estimate of drug-likeness (QED) is 0.794. The first kappa shape index (κ1) is 12.7. The third-order valence-electron chi connectivity index (χ3n) is 3.14. The van der Waals surface area contributed by atoms with Crippen molar-refractivity contribution in [3.05, 3.63) is 60.0 Å². The van der Waals surface area contributed by atoms with Crippen LogP contribution in [0.5, 0.6) is 0 Å². The van der Waals surface area contributed by atoms with Gasteiger partial charge < -0.3 is 5.11 Å². The summed E-state index contributed by atoms with van der Waals surface area (Å²) in [6, 6.07) is 11.9. The second kappa shape index (κ2) is 5.35. The molecule has 3 nitrogen and oxygen atoms in total. The number of nitrogens with zero attached hydrogens (tertiary/aromatic N) is 2. The minimum absolute atomic E-state index is 0.0162. The number of pyridine rings is 2. The molecule has 0 aliphatic carbocycles. The third kappa shape index (κ3) is 2.38. The van der Waals surface area contributed by atoms with Gasteiger partial charge in [0.25, 0.3) is 0 Å². The van der Waals surface area contributed by atoms with Crippen molar-refractivity contribution in [3.63, 3.8) is 0 Å². The minimum atomic E-state index is -0.300. The molecule has 0 radical (unpaired) electrons. The lowest BCUT2D eigenvalue weighted by atomic mass is 10.0. The van der Waals surface area contributed by atoms with Gasteiger partial charge in [-0.05, 0) is 42.3 Å². The average Bonchev–Trinajstić information content (AvgIpc) is 2.47. The number of aliphatic hydroxyl groups excluding tert-OH is 1. The van der Waals surface area contributed by atoms with E-state index >= 15 is 0 Å². The Kier molecular flexibility index (Phi) is 3.39. The Morgan fingerprint density at radius 1 is 1.05 bits per heavy atom. The van der Waals surface area contributed by atoms with Gasteiger partial charge in [-0.1, -0.05) is 12.1 Å². The fourth-order valence-electron chi connectivity index (χ4n) is 2.24. The second-order valence-electron chi connectivity index (χ2n) is 4.52. The molecule has 0 atom stereocenters. The average molecular weight is 268 g/mol. The molecule has 0 saturated heterocycles. The van der Waals surface area contributed by atoms with Gasteiger partial charge in [0.2, 0.25) is 0 Å². The van der Waals surface area contributed by atoms with Crippen molar-refractivity contribution in [3.8, 4) is 11.3 Å². The Morgan fingerprint density at radius 3 is 2.75 bits per heavy atom. The summed E-state index contributed by atoms with van der Waals surface area (Å²) >= 11 is 0. The molecule has 0 spiro atoms. The van der Waals surface area contributed by atoms with E-state index in [2.05, 4.69) is 9.97 Å². The summed E-state index contributed by atoms with van der Waals surface area (Å²) in [6.07, 6.45) is 2.17. The van der Waals surface area contributed by atoms with Crippen molar-refractivity contribution >= 4 is 11.0 Å². The maximum atomic E-state index is 13.4. The van der Waals surface area contributed by atoms with E-state index in [1.165, 1.54) is 12.1 Å². The lowest BCUT2D eigenvalue weighted by molar-refractivity contribution is 0.299. The fraction of sp³-hybridized carbons (Fsp3) is 0.125. The summed E-state index contributed by atoms with van der Waals surface area (Å²) in [7, 11) is 0. The fourth-order valence-corrected chi connectivity index (χ4v) is 2.24. The van der Waals surface area contributed by atoms with Gasteiger partial charge in [0.05, 0.1) is 16.7 Å². The van der Waals surface area contributed by atoms with Gasteiger partial charge >= 0.3 is 0 Å². The first-order chi connectivity index (χ1) is 9.78. The predicted molar refractivity (Wildman–Crippen MR) is 75.7 cm³/mol. The van der Waals surface area contributed by atoms with E-state index in [1.807, 2.05) is 24.3 Å². The largest absolute Gasteiger partial charge is 0.396 e. The summed E-state index contributed by atoms with van der Waals surface area (Å²) in [5.74, 6) is -0.300. The van der Waals surface area contributed by atoms with Crippen LogP contribution in [0.15, 0.2) is 48.7 Å². The Morgan fingerprint density at radius 2 is 1.95 bits per heavy atom. The molecule has 100 valence electrons. The molecule has 4 heteroatoms. The maximum absolute atomic E-state index is 13.4. The standard InChI is InChI=1S/C16H13FN2O/c17-13-4-1-3-11(9-13)16-12(6-8-20)10-15-14(19-16)5-2-7-18-15/h1-5,7,9-10,20H,6,8H2. The molecule has 1 N–H and O–H groups in total. The van der Waals surface area contributed by atoms with Crippen LogP contribution in [0.4, 0.5) is 4.39 Å². The van der Waals surface area contributed by atoms with E-state index in [9.17, 15) is 9.50 Å². The third-order valence-corrected chi connectivity index (χ3v) is 3.14. The molecule has 0 saturated carbocycles. The van der Waals surface area contributed by atoms with Crippen LogP contribution >= 0.6 is 0 Å². The number of benzene rings is 1. The molecular formula is C16H13FN2O. The zero-order valence-electron chi connectivity index (χ0n) is 10.8. The maximum Gasteiger partial charge on any atom is 0.123 e. The van der Waals surface area contributed by atoms with Crippen molar-refractivity contribution < 1.29 is 9.50 Å². The summed E-state index contributed by atoms with van der Waals surface area (Å²) in [5.41, 5.74) is 3.80. The van der Waals surface area contributed by atoms with Crippen LogP contribution in [0.3, 0.4) is 0 Å². The number of fused-ring (bicyclic) bond motifs is 1. The lowest BCUT2D eigenvalue weighted by Crippen LogP contribution is -1.99. The van der Waals surface area contributed by atoms with E-state index in [0.717, 1.165) is 16.6 Å². The van der Waals surface area contributed by atoms with Crippen LogP contribution in [0.1, 0.15) is 5.56 Å². The predicted octanol–water partition coefficient (Wildman–Crippen LogP) is 2.97. The van der Waals surface area contributed by atoms with Crippen molar-refractivity contribution in [1.29, 1.82) is 0 Å². The Hall–Kier alpha value is -2.33. The van der Waals surface area contributed by atoms with Gasteiger partial charge in [-0.2, -0.15) is 0 Å². The van der Waals surface area contributed by atoms with E-state index in [-0.39, 0.29) is 12.4 Å². The molecule has 3 rings (SSSR count). The van der Waals surface area contributed by atoms with Crippen LogP contribution < -0.4 is 0 Å². The topological polar surface area (TPSA) is 46.0 Å². The van der Waals surface area contributed by atoms with Gasteiger partial charge in [0, 0.05) is 18.4 Å². The normalized spacial score (nSPS) is 10.9. The van der Waals surface area contributed by atoms with Crippen molar-refractivity contribution in [2.24, 2.45) is 0 Å². The first-order valence-electron chi connectivity index (χ1n) is 6.39. The molecule has 0 fully saturated rings. The molecule has 0 bridgehead atoms. The molecule has 3 aromatic rings. The Balaban J connectivity index is 2.24. The van der Waals surface area contributed by atoms with Crippen LogP contribution in [-0.4, -0.2) is 21.7 Å². The van der Waals surface area contributed by atoms with Gasteiger partial charge in [-0.25, -0.2) is 9.37 Å². The molecule has 2 aromatic heterocycles. The highest BCUT2D eigenvalue weighted by Crippen LogP contribution is 2.25. The molecule has 1 aromatic carbocycles. The van der Waals surface area contributed by atoms with Gasteiger partial charge in [-0.15, -0.1) is 0 Å². The number of hydrogen-bond acceptors (Lipinski definition) is 3. The highest BCUT2D eigenvalue weighted by atomic mass is 19.1. The number of halogens is 1. The highest BCUT2D eigenvalue weighted by molar-refractivity contribution is 5.80. The summed E-state index contributed by atoms with van der Waals surface area (Å²) in [4.78, 5) is 8.82. The number of rotatable bonds is 3. The number of aliphatic hydroxyl groups is 1. The summed E-state index contributed by atoms with van der Waals surface area (Å²) < 4.78 is 13.4. The molecule has 0 unspecified atom stereocenters. The van der Waals surface area contributed by atoms with Crippen LogP contribution in [0.2, 0.25) is 0 Å². The summed E-state index contributed by atoms with van der Waals surface area (Å²) in [6.45, 7) is 0.0162. The van der Waals surface area contributed by atoms with Gasteiger partial charge in [0.15, 0.2) is 0 Å². The van der Waals surface area contributed by atoms with E-state index in [0.29, 0.717) is 17.7 Å². The van der Waals surface area contributed by atoms with Crippen molar-refractivity contribution in [2.75, 3.05) is 6.61 Å². The monoisotopic (exact) mass is 268 g/mol. The minimum Gasteiger partial charge on any atom is -0.396 e. The zero-order valence-corrected chi connectivity index (χ0v) is 10.8. The molecule has 0 amide bonds. The van der Waals surface area contributed by atoms with Crippen molar-refractivity contribution in [1.82, 2.24) is 9.97 Å². The van der Waals surface area contributed by atoms with Crippen LogP contribution in [0.25, 0.3) is 22.3 Å². The lowest BCUT2D eigenvalue weighted by Gasteiger charge is -2.09. The Bertz CT molecular complexity index is 758. The highest BCUT2D eigenvalue weighted by Gasteiger charge is 2.10. The number of aromatic nitrogens is 2. The molecule has 0 aliphatic heterocycles.